The van der Waals surface area contributed by atoms with Gasteiger partial charge in [0.2, 0.25) is 0 Å². The molecule has 12 heteroatoms. The van der Waals surface area contributed by atoms with Crippen molar-refractivity contribution in [3.05, 3.63) is 529 Å². The van der Waals surface area contributed by atoms with E-state index in [1.54, 1.807) is 0 Å². The van der Waals surface area contributed by atoms with Crippen LogP contribution in [0, 0.1) is 0 Å². The summed E-state index contributed by atoms with van der Waals surface area (Å²) in [5.41, 5.74) is 24.4. The Bertz CT molecular complexity index is 8310. The summed E-state index contributed by atoms with van der Waals surface area (Å²) >= 11 is 17.2. The SMILES string of the molecule is Brc1cc(N(c2ccccc2)c2ccc(-c3ccccc3)cc2)cc(N(c2ccc3ccccc3c2)c2ccc3c(c2)sc2ccccc23)c1.Brc1cc(N(c2ccccc2)c2ccc(-c3ccccc3)cc2)cc(N(c2ccccc2)c2ccc3c(c2)sc2ccccc23)c1.Brc1cc(N(c2ccccc2)c2ccccc2)cc(N(c2ccccc2)c2ccc3c(c2)sc2ccccc23)c1. The van der Waals surface area contributed by atoms with Crippen molar-refractivity contribution in [2.24, 2.45) is 0 Å². The van der Waals surface area contributed by atoms with Gasteiger partial charge in [0.25, 0.3) is 0 Å². The number of anilines is 18. The predicted octanol–water partition coefficient (Wildman–Crippen LogP) is 39.8. The molecule has 0 amide bonds. The van der Waals surface area contributed by atoms with Crippen molar-refractivity contribution < 1.29 is 0 Å². The summed E-state index contributed by atoms with van der Waals surface area (Å²) in [5, 5.41) is 10.2. The van der Waals surface area contributed by atoms with Crippen LogP contribution in [-0.4, -0.2) is 0 Å². The summed E-state index contributed by atoms with van der Waals surface area (Å²) in [4.78, 5) is 14.0. The summed E-state index contributed by atoms with van der Waals surface area (Å²) in [5.74, 6) is 0. The zero-order chi connectivity index (χ0) is 91.2. The van der Waals surface area contributed by atoms with Crippen molar-refractivity contribution in [3.8, 4) is 22.3 Å². The number of nitrogens with zero attached hydrogens (tertiary/aromatic N) is 6. The van der Waals surface area contributed by atoms with E-state index in [0.29, 0.717) is 0 Å². The molecular weight excluding hydrogens is 1910 g/mol. The first kappa shape index (κ1) is 86.2. The van der Waals surface area contributed by atoms with E-state index >= 15 is 0 Å². The standard InChI is InChI=1S/C46H31BrN2S.C42H29BrN2S.C36H25BrN2S/c47-36-28-41(48(37-15-5-2-6-16-37)38-22-19-34(20-23-38)32-11-3-1-4-12-32)30-42(29-36)49(39-24-21-33-13-7-8-14-35(33)27-39)40-25-26-44-43-17-9-10-18-45(43)50-46(44)31-40;43-32-26-37(44(33-14-6-2-7-15-33)35-22-20-31(21-23-35)30-12-4-1-5-13-30)28-38(27-32)45(34-16-8-3-9-17-34)36-24-25-40-39-18-10-11-19-41(39)46-42(40)29-36;37-26-22-31(38(27-12-4-1-5-13-27)28-14-6-2-7-15-28)24-32(23-26)39(29-16-8-3-9-17-29)30-20-21-34-33-18-10-11-19-35(33)40-36(34)25-30/h1-31H;1-29H;1-25H. The van der Waals surface area contributed by atoms with Crippen molar-refractivity contribution in [3.63, 3.8) is 0 Å². The molecule has 0 aliphatic carbocycles. The second kappa shape index (κ2) is 39.1. The molecule has 136 heavy (non-hydrogen) atoms. The van der Waals surface area contributed by atoms with Crippen LogP contribution < -0.4 is 29.4 Å². The van der Waals surface area contributed by atoms with Crippen LogP contribution in [0.3, 0.4) is 0 Å². The quantitative estimate of drug-likeness (QED) is 0.0752. The van der Waals surface area contributed by atoms with Gasteiger partial charge < -0.3 is 29.4 Å². The highest BCUT2D eigenvalue weighted by molar-refractivity contribution is 9.11. The van der Waals surface area contributed by atoms with Gasteiger partial charge in [-0.05, 0) is 251 Å². The van der Waals surface area contributed by atoms with Crippen LogP contribution in [0.5, 0.6) is 0 Å². The van der Waals surface area contributed by atoms with Gasteiger partial charge in [0.15, 0.2) is 0 Å². The Morgan fingerprint density at radius 3 is 0.618 bits per heavy atom. The van der Waals surface area contributed by atoms with Gasteiger partial charge in [-0.25, -0.2) is 0 Å². The summed E-state index contributed by atoms with van der Waals surface area (Å²) in [6.07, 6.45) is 0. The second-order valence-electron chi connectivity index (χ2n) is 33.2. The van der Waals surface area contributed by atoms with Crippen LogP contribution in [0.1, 0.15) is 0 Å². The molecule has 24 rings (SSSR count). The van der Waals surface area contributed by atoms with Gasteiger partial charge in [0, 0.05) is 176 Å². The van der Waals surface area contributed by atoms with Crippen molar-refractivity contribution >= 4 is 255 Å². The minimum atomic E-state index is 1.00. The molecule has 0 saturated heterocycles. The van der Waals surface area contributed by atoms with Crippen molar-refractivity contribution in [2.45, 2.75) is 0 Å². The van der Waals surface area contributed by atoms with E-state index in [2.05, 4.69) is 593 Å². The molecule has 6 nitrogen and oxygen atoms in total. The normalized spacial score (nSPS) is 11.2. The van der Waals surface area contributed by atoms with E-state index in [9.17, 15) is 0 Å². The maximum Gasteiger partial charge on any atom is 0.0493 e. The van der Waals surface area contributed by atoms with E-state index in [1.165, 1.54) is 93.5 Å². The molecule has 3 aromatic heterocycles. The molecule has 0 bridgehead atoms. The largest absolute Gasteiger partial charge is 0.310 e. The zero-order valence-electron chi connectivity index (χ0n) is 73.6. The van der Waals surface area contributed by atoms with Crippen LogP contribution in [-0.2, 0) is 0 Å². The van der Waals surface area contributed by atoms with E-state index in [0.717, 1.165) is 116 Å². The summed E-state index contributed by atoms with van der Waals surface area (Å²) < 4.78 is 10.8. The third-order valence-corrected chi connectivity index (χ3v) is 29.3. The van der Waals surface area contributed by atoms with E-state index in [1.807, 2.05) is 34.0 Å². The Balaban J connectivity index is 0.000000119. The predicted molar refractivity (Wildman–Crippen MR) is 598 cm³/mol. The summed E-state index contributed by atoms with van der Waals surface area (Å²) in [7, 11) is 0. The van der Waals surface area contributed by atoms with Crippen molar-refractivity contribution in [1.82, 2.24) is 0 Å². The molecule has 0 radical (unpaired) electrons. The highest BCUT2D eigenvalue weighted by atomic mass is 79.9. The molecule has 3 heterocycles. The smallest absolute Gasteiger partial charge is 0.0493 e. The molecule has 21 aromatic carbocycles. The molecule has 0 aliphatic rings. The highest BCUT2D eigenvalue weighted by Crippen LogP contribution is 2.51. The number of hydrogen-bond acceptors (Lipinski definition) is 9. The molecule has 0 aliphatic heterocycles. The van der Waals surface area contributed by atoms with Gasteiger partial charge >= 0.3 is 0 Å². The van der Waals surface area contributed by atoms with E-state index in [4.69, 9.17) is 0 Å². The van der Waals surface area contributed by atoms with Gasteiger partial charge in [0.05, 0.1) is 0 Å². The molecule has 0 spiro atoms. The highest BCUT2D eigenvalue weighted by Gasteiger charge is 2.26. The van der Waals surface area contributed by atoms with E-state index < -0.39 is 0 Å². The Kier molecular flexibility index (Phi) is 24.8. The molecule has 0 atom stereocenters. The summed E-state index contributed by atoms with van der Waals surface area (Å²) in [6, 6.07) is 184. The molecular formula is C124H85Br3N6S3. The lowest BCUT2D eigenvalue weighted by molar-refractivity contribution is 1.25. The first-order chi connectivity index (χ1) is 67.1. The fourth-order valence-corrected chi connectivity index (χ4v) is 23.2. The molecule has 650 valence electrons. The van der Waals surface area contributed by atoms with Gasteiger partial charge in [-0.1, -0.05) is 345 Å². The first-order valence-corrected chi connectivity index (χ1v) is 50.0. The lowest BCUT2D eigenvalue weighted by atomic mass is 10.0. The topological polar surface area (TPSA) is 19.4 Å². The average molecular weight is 1990 g/mol. The number of fused-ring (bicyclic) bond motifs is 10. The Hall–Kier alpha value is -15.2. The lowest BCUT2D eigenvalue weighted by Gasteiger charge is -2.30. The Morgan fingerprint density at radius 1 is 0.125 bits per heavy atom. The minimum Gasteiger partial charge on any atom is -0.310 e. The van der Waals surface area contributed by atoms with Crippen LogP contribution in [0.2, 0.25) is 0 Å². The monoisotopic (exact) mass is 1990 g/mol. The Labute approximate surface area is 828 Å². The third-order valence-electron chi connectivity index (χ3n) is 24.6. The molecule has 0 N–H and O–H groups in total. The number of halogens is 3. The number of hydrogen-bond donors (Lipinski definition) is 0. The lowest BCUT2D eigenvalue weighted by Crippen LogP contribution is -2.13. The minimum absolute atomic E-state index is 1.00. The fraction of sp³-hybridized carbons (Fsp3) is 0. The first-order valence-electron chi connectivity index (χ1n) is 45.2. The second-order valence-corrected chi connectivity index (χ2v) is 39.2. The fourth-order valence-electron chi connectivity index (χ4n) is 18.3. The molecule has 24 aromatic rings. The average Bonchev–Trinajstić information content (AvgIpc) is 1.62. The maximum absolute atomic E-state index is 3.93. The number of benzene rings is 21. The van der Waals surface area contributed by atoms with Crippen LogP contribution in [0.15, 0.2) is 529 Å². The van der Waals surface area contributed by atoms with Crippen LogP contribution in [0.25, 0.3) is 93.5 Å². The van der Waals surface area contributed by atoms with E-state index in [-0.39, 0.29) is 0 Å². The Morgan fingerprint density at radius 2 is 0.324 bits per heavy atom. The van der Waals surface area contributed by atoms with Crippen molar-refractivity contribution in [2.75, 3.05) is 29.4 Å². The van der Waals surface area contributed by atoms with Gasteiger partial charge in [-0.15, -0.1) is 34.0 Å². The van der Waals surface area contributed by atoms with Crippen LogP contribution in [0.4, 0.5) is 102 Å². The number of thiophene rings is 3. The maximum atomic E-state index is 3.93. The third kappa shape index (κ3) is 18.2. The van der Waals surface area contributed by atoms with Gasteiger partial charge in [0.1, 0.15) is 0 Å². The summed E-state index contributed by atoms with van der Waals surface area (Å²) in [6.45, 7) is 0. The van der Waals surface area contributed by atoms with Gasteiger partial charge in [-0.2, -0.15) is 0 Å². The molecule has 0 fully saturated rings. The molecule has 0 unspecified atom stereocenters. The number of para-hydroxylation sites is 6. The molecule has 0 saturated carbocycles. The zero-order valence-corrected chi connectivity index (χ0v) is 80.8. The number of rotatable bonds is 20. The van der Waals surface area contributed by atoms with Crippen LogP contribution >= 0.6 is 81.8 Å². The van der Waals surface area contributed by atoms with Crippen molar-refractivity contribution in [1.29, 1.82) is 0 Å². The van der Waals surface area contributed by atoms with Gasteiger partial charge in [-0.3, -0.25) is 0 Å².